The fourth-order valence-electron chi connectivity index (χ4n) is 10.3. The molecule has 3 N–H and O–H groups in total. The first-order chi connectivity index (χ1) is 49.7. The number of carbonyl (C=O) groups is 4. The van der Waals surface area contributed by atoms with Crippen LogP contribution >= 0.6 is 15.6 Å². The van der Waals surface area contributed by atoms with Crippen molar-refractivity contribution < 1.29 is 80.2 Å². The largest absolute Gasteiger partial charge is 0.472 e. The highest BCUT2D eigenvalue weighted by molar-refractivity contribution is 7.47. The Balaban J connectivity index is 5.42. The van der Waals surface area contributed by atoms with E-state index in [0.717, 1.165) is 180 Å². The van der Waals surface area contributed by atoms with Crippen LogP contribution in [-0.2, 0) is 65.4 Å². The number of phosphoric acid groups is 2. The van der Waals surface area contributed by atoms with Gasteiger partial charge in [-0.3, -0.25) is 37.3 Å². The zero-order valence-electron chi connectivity index (χ0n) is 64.0. The van der Waals surface area contributed by atoms with Crippen molar-refractivity contribution in [3.63, 3.8) is 0 Å². The van der Waals surface area contributed by atoms with Gasteiger partial charge in [-0.1, -0.05) is 258 Å². The van der Waals surface area contributed by atoms with Crippen LogP contribution in [0.2, 0.25) is 0 Å². The van der Waals surface area contributed by atoms with Crippen LogP contribution in [-0.4, -0.2) is 96.7 Å². The summed E-state index contributed by atoms with van der Waals surface area (Å²) < 4.78 is 68.5. The molecule has 0 amide bonds. The van der Waals surface area contributed by atoms with Crippen LogP contribution in [0.25, 0.3) is 0 Å². The first-order valence-corrected chi connectivity index (χ1v) is 42.8. The van der Waals surface area contributed by atoms with E-state index in [9.17, 15) is 43.2 Å². The topological polar surface area (TPSA) is 237 Å². The van der Waals surface area contributed by atoms with Gasteiger partial charge < -0.3 is 33.8 Å². The monoisotopic (exact) mass is 1470 g/mol. The Hall–Kier alpha value is -4.54. The van der Waals surface area contributed by atoms with Crippen molar-refractivity contribution in [2.24, 2.45) is 0 Å². The van der Waals surface area contributed by atoms with E-state index in [4.69, 9.17) is 37.0 Å². The molecule has 2 unspecified atom stereocenters. The summed E-state index contributed by atoms with van der Waals surface area (Å²) in [6.07, 6.45) is 81.7. The van der Waals surface area contributed by atoms with Gasteiger partial charge >= 0.3 is 39.5 Å². The highest BCUT2D eigenvalue weighted by atomic mass is 31.2. The maximum absolute atomic E-state index is 13.1. The van der Waals surface area contributed by atoms with Gasteiger partial charge in [-0.2, -0.15) is 0 Å². The van der Waals surface area contributed by atoms with E-state index in [1.165, 1.54) is 64.2 Å². The molecule has 0 heterocycles. The molecule has 0 aromatic carbocycles. The van der Waals surface area contributed by atoms with E-state index < -0.39 is 97.5 Å². The van der Waals surface area contributed by atoms with Gasteiger partial charge in [0.25, 0.3) is 0 Å². The van der Waals surface area contributed by atoms with Gasteiger partial charge in [-0.15, -0.1) is 0 Å². The molecule has 0 aromatic heterocycles. The number of phosphoric ester groups is 2. The van der Waals surface area contributed by atoms with E-state index in [0.29, 0.717) is 25.7 Å². The van der Waals surface area contributed by atoms with E-state index in [1.54, 1.807) is 0 Å². The number of hydrogen-bond donors (Lipinski definition) is 3. The van der Waals surface area contributed by atoms with E-state index in [-0.39, 0.29) is 25.7 Å². The molecule has 0 rings (SSSR count). The lowest BCUT2D eigenvalue weighted by molar-refractivity contribution is -0.161. The first-order valence-electron chi connectivity index (χ1n) is 39.8. The van der Waals surface area contributed by atoms with Crippen molar-refractivity contribution in [2.75, 3.05) is 39.6 Å². The molecule has 19 heteroatoms. The number of aliphatic hydroxyl groups excluding tert-OH is 1. The molecule has 0 saturated heterocycles. The first kappa shape index (κ1) is 97.5. The standard InChI is InChI=1S/C83H142O17P2/c1-5-9-13-17-21-25-29-33-36-37-38-39-42-46-50-54-58-62-66-70-83(88)100-79(74-94-81(86)68-64-60-56-52-48-45-41-35-31-27-23-19-15-11-7-3)76-98-102(91,92)96-72-77(84)71-95-101(89,90)97-75-78(99-82(87)69-65-61-57-53-49-43-32-28-24-20-16-12-8-4)73-93-80(85)67-63-59-55-51-47-44-40-34-30-26-22-18-14-10-6-2/h9,13,21-23,25-28,32-36,38-41,46,50,77-79,84H,5-8,10-12,14-20,24,29-31,37,42-45,47-49,51-76H2,1-4H3,(H,89,90)(H,91,92)/b13-9-,25-21-,26-22-,27-23-,32-28-,36-33-,39-38-,40-34-,41-35-,50-46-/t77-,78+,79+/m0/s1. The molecule has 0 saturated carbocycles. The van der Waals surface area contributed by atoms with Crippen LogP contribution in [0.5, 0.6) is 0 Å². The van der Waals surface area contributed by atoms with Crippen molar-refractivity contribution >= 4 is 39.5 Å². The highest BCUT2D eigenvalue weighted by Crippen LogP contribution is 2.45. The lowest BCUT2D eigenvalue weighted by Crippen LogP contribution is -2.30. The number of rotatable bonds is 74. The van der Waals surface area contributed by atoms with Gasteiger partial charge in [0.05, 0.1) is 26.4 Å². The Morgan fingerprint density at radius 1 is 0.284 bits per heavy atom. The molecule has 0 aliphatic carbocycles. The predicted molar refractivity (Wildman–Crippen MR) is 418 cm³/mol. The number of hydrogen-bond acceptors (Lipinski definition) is 15. The van der Waals surface area contributed by atoms with E-state index in [2.05, 4.69) is 149 Å². The molecule has 5 atom stereocenters. The fourth-order valence-corrected chi connectivity index (χ4v) is 11.9. The van der Waals surface area contributed by atoms with Crippen molar-refractivity contribution in [3.8, 4) is 0 Å². The minimum absolute atomic E-state index is 0.0501. The summed E-state index contributed by atoms with van der Waals surface area (Å²) in [7, 11) is -9.98. The van der Waals surface area contributed by atoms with Gasteiger partial charge in [0.15, 0.2) is 12.2 Å². The van der Waals surface area contributed by atoms with Gasteiger partial charge in [-0.05, 0) is 161 Å². The number of aliphatic hydroxyl groups is 1. The van der Waals surface area contributed by atoms with Crippen LogP contribution < -0.4 is 0 Å². The molecule has 0 bridgehead atoms. The molecule has 0 fully saturated rings. The second-order valence-electron chi connectivity index (χ2n) is 26.3. The van der Waals surface area contributed by atoms with Crippen molar-refractivity contribution in [3.05, 3.63) is 122 Å². The molecule has 0 aromatic rings. The summed E-state index contributed by atoms with van der Waals surface area (Å²) in [6.45, 7) is 4.63. The predicted octanol–water partition coefficient (Wildman–Crippen LogP) is 23.1. The minimum atomic E-state index is -4.99. The molecule has 0 aliphatic heterocycles. The van der Waals surface area contributed by atoms with Gasteiger partial charge in [-0.25, -0.2) is 9.13 Å². The highest BCUT2D eigenvalue weighted by Gasteiger charge is 2.30. The molecule has 0 spiro atoms. The Morgan fingerprint density at radius 3 is 0.824 bits per heavy atom. The minimum Gasteiger partial charge on any atom is -0.462 e. The Bertz CT molecular complexity index is 2410. The van der Waals surface area contributed by atoms with Crippen molar-refractivity contribution in [1.29, 1.82) is 0 Å². The Morgan fingerprint density at radius 2 is 0.510 bits per heavy atom. The van der Waals surface area contributed by atoms with Gasteiger partial charge in [0.1, 0.15) is 19.3 Å². The molecule has 102 heavy (non-hydrogen) atoms. The van der Waals surface area contributed by atoms with Crippen LogP contribution in [0.15, 0.2) is 122 Å². The van der Waals surface area contributed by atoms with Gasteiger partial charge in [0, 0.05) is 25.7 Å². The van der Waals surface area contributed by atoms with Crippen LogP contribution in [0, 0.1) is 0 Å². The zero-order chi connectivity index (χ0) is 74.6. The van der Waals surface area contributed by atoms with Gasteiger partial charge in [0.2, 0.25) is 0 Å². The average molecular weight is 1470 g/mol. The molecular formula is C83H142O17P2. The SMILES string of the molecule is CC/C=C\C/C=C\C/C=C\C/C=C\C/C=C\CCCCCC(=O)O[C@H](COC(=O)CCCCCCC/C=C\C/C=C\CCCCC)COP(=O)(O)OC[C@@H](O)COP(=O)(O)OC[C@@H](COC(=O)CCCCCCC/C=C\C/C=C\CCCCC)OC(=O)CCCCCCC/C=C\CCCCCC. The summed E-state index contributed by atoms with van der Waals surface area (Å²) in [4.78, 5) is 73.0. The summed E-state index contributed by atoms with van der Waals surface area (Å²) in [5, 5.41) is 10.6. The molecular weight excluding hydrogens is 1330 g/mol. The average Bonchev–Trinajstić information content (AvgIpc) is 0.908. The van der Waals surface area contributed by atoms with E-state index in [1.807, 2.05) is 0 Å². The number of ether oxygens (including phenoxy) is 4. The maximum Gasteiger partial charge on any atom is 0.472 e. The molecule has 0 aliphatic rings. The third-order valence-corrected chi connectivity index (χ3v) is 18.3. The van der Waals surface area contributed by atoms with Crippen LogP contribution in [0.1, 0.15) is 323 Å². The van der Waals surface area contributed by atoms with Crippen LogP contribution in [0.4, 0.5) is 0 Å². The Labute approximate surface area is 619 Å². The lowest BCUT2D eigenvalue weighted by atomic mass is 10.1. The molecule has 586 valence electrons. The normalized spacial score (nSPS) is 14.5. The third-order valence-electron chi connectivity index (χ3n) is 16.4. The number of allylic oxidation sites excluding steroid dienone is 20. The zero-order valence-corrected chi connectivity index (χ0v) is 65.8. The van der Waals surface area contributed by atoms with Crippen molar-refractivity contribution in [2.45, 2.75) is 341 Å². The second-order valence-corrected chi connectivity index (χ2v) is 29.2. The number of esters is 4. The quantitative estimate of drug-likeness (QED) is 0.0169. The number of carbonyl (C=O) groups excluding carboxylic acids is 4. The summed E-state index contributed by atoms with van der Waals surface area (Å²) in [6, 6.07) is 0. The van der Waals surface area contributed by atoms with Crippen molar-refractivity contribution in [1.82, 2.24) is 0 Å². The van der Waals surface area contributed by atoms with E-state index >= 15 is 0 Å². The second kappa shape index (κ2) is 74.7. The van der Waals surface area contributed by atoms with Crippen LogP contribution in [0.3, 0.4) is 0 Å². The number of unbranched alkanes of at least 4 members (excludes halogenated alkanes) is 28. The lowest BCUT2D eigenvalue weighted by Gasteiger charge is -2.21. The fraction of sp³-hybridized carbons (Fsp3) is 0.711. The molecule has 17 nitrogen and oxygen atoms in total. The Kier molecular flexibility index (Phi) is 71.4. The summed E-state index contributed by atoms with van der Waals surface area (Å²) >= 11 is 0. The summed E-state index contributed by atoms with van der Waals surface area (Å²) in [5.41, 5.74) is 0. The molecule has 0 radical (unpaired) electrons. The smallest absolute Gasteiger partial charge is 0.462 e. The summed E-state index contributed by atoms with van der Waals surface area (Å²) in [5.74, 6) is -2.25. The maximum atomic E-state index is 13.1. The third kappa shape index (κ3) is 73.8.